The Morgan fingerprint density at radius 3 is 2.93 bits per heavy atom. The van der Waals surface area contributed by atoms with Gasteiger partial charge in [0, 0.05) is 45.9 Å². The van der Waals surface area contributed by atoms with E-state index in [1.54, 1.807) is 7.11 Å². The van der Waals surface area contributed by atoms with E-state index < -0.39 is 0 Å². The highest BCUT2D eigenvalue weighted by molar-refractivity contribution is 5.78. The minimum absolute atomic E-state index is 0.0579. The zero-order chi connectivity index (χ0) is 11.1. The molecule has 88 valence electrons. The van der Waals surface area contributed by atoms with Crippen molar-refractivity contribution in [1.29, 1.82) is 0 Å². The minimum Gasteiger partial charge on any atom is -0.396 e. The van der Waals surface area contributed by atoms with Gasteiger partial charge < -0.3 is 15.2 Å². The van der Waals surface area contributed by atoms with Gasteiger partial charge in [0.05, 0.1) is 6.54 Å². The average Bonchev–Trinajstić information content (AvgIpc) is 2.17. The summed E-state index contributed by atoms with van der Waals surface area (Å²) in [5.41, 5.74) is 0. The number of methoxy groups -OCH3 is 1. The fraction of sp³-hybridized carbons (Fsp3) is 0.900. The minimum atomic E-state index is 0.0579. The molecule has 0 aliphatic carbocycles. The molecule has 15 heavy (non-hydrogen) atoms. The predicted octanol–water partition coefficient (Wildman–Crippen LogP) is -0.937. The van der Waals surface area contributed by atoms with Gasteiger partial charge in [-0.3, -0.25) is 9.69 Å². The van der Waals surface area contributed by atoms with Crippen molar-refractivity contribution in [2.75, 3.05) is 46.5 Å². The quantitative estimate of drug-likeness (QED) is 0.539. The number of rotatable bonds is 7. The summed E-state index contributed by atoms with van der Waals surface area (Å²) in [6, 6.07) is 0. The smallest absolute Gasteiger partial charge is 0.234 e. The summed E-state index contributed by atoms with van der Waals surface area (Å²) in [6.45, 7) is 3.69. The summed E-state index contributed by atoms with van der Waals surface area (Å²) in [5, 5.41) is 11.6. The van der Waals surface area contributed by atoms with Crippen LogP contribution in [0.2, 0.25) is 0 Å². The van der Waals surface area contributed by atoms with E-state index in [-0.39, 0.29) is 12.5 Å². The molecule has 0 aromatic rings. The van der Waals surface area contributed by atoms with Gasteiger partial charge in [-0.05, 0) is 6.42 Å². The van der Waals surface area contributed by atoms with E-state index in [0.29, 0.717) is 25.6 Å². The van der Waals surface area contributed by atoms with Crippen LogP contribution in [-0.2, 0) is 9.53 Å². The van der Waals surface area contributed by atoms with Crippen molar-refractivity contribution in [1.82, 2.24) is 10.2 Å². The second kappa shape index (κ2) is 6.76. The van der Waals surface area contributed by atoms with E-state index in [9.17, 15) is 4.79 Å². The third-order valence-electron chi connectivity index (χ3n) is 2.51. The second-order valence-electron chi connectivity index (χ2n) is 3.94. The molecule has 0 aromatic heterocycles. The molecule has 1 aliphatic rings. The summed E-state index contributed by atoms with van der Waals surface area (Å²) >= 11 is 0. The highest BCUT2D eigenvalue weighted by Crippen LogP contribution is 2.13. The molecule has 1 rings (SSSR count). The lowest BCUT2D eigenvalue weighted by Crippen LogP contribution is -2.52. The molecule has 0 unspecified atom stereocenters. The van der Waals surface area contributed by atoms with Gasteiger partial charge in [-0.1, -0.05) is 0 Å². The number of aliphatic hydroxyl groups is 1. The molecule has 0 saturated carbocycles. The van der Waals surface area contributed by atoms with E-state index in [1.807, 2.05) is 4.90 Å². The Morgan fingerprint density at radius 2 is 2.33 bits per heavy atom. The van der Waals surface area contributed by atoms with Crippen LogP contribution in [0.15, 0.2) is 0 Å². The number of ether oxygens (including phenoxy) is 1. The summed E-state index contributed by atoms with van der Waals surface area (Å²) in [7, 11) is 1.65. The number of aliphatic hydroxyl groups excluding tert-OH is 1. The number of amides is 1. The zero-order valence-corrected chi connectivity index (χ0v) is 9.24. The molecule has 0 spiro atoms. The Bertz CT molecular complexity index is 193. The molecule has 1 heterocycles. The Morgan fingerprint density at radius 1 is 1.60 bits per heavy atom. The van der Waals surface area contributed by atoms with E-state index in [2.05, 4.69) is 5.32 Å². The second-order valence-corrected chi connectivity index (χ2v) is 3.94. The number of nitrogens with zero attached hydrogens (tertiary/aromatic N) is 1. The third kappa shape index (κ3) is 4.59. The van der Waals surface area contributed by atoms with Gasteiger partial charge in [0.2, 0.25) is 5.91 Å². The summed E-state index contributed by atoms with van der Waals surface area (Å²) in [4.78, 5) is 13.4. The van der Waals surface area contributed by atoms with Gasteiger partial charge in [-0.15, -0.1) is 0 Å². The van der Waals surface area contributed by atoms with Gasteiger partial charge in [0.25, 0.3) is 0 Å². The number of carbonyl (C=O) groups excluding carboxylic acids is 1. The van der Waals surface area contributed by atoms with Gasteiger partial charge in [-0.2, -0.15) is 0 Å². The Balaban J connectivity index is 1.95. The largest absolute Gasteiger partial charge is 0.396 e. The number of hydrogen-bond donors (Lipinski definition) is 2. The van der Waals surface area contributed by atoms with E-state index in [4.69, 9.17) is 9.84 Å². The number of nitrogens with one attached hydrogen (secondary N) is 1. The molecule has 2 N–H and O–H groups in total. The Labute approximate surface area is 90.4 Å². The molecular weight excluding hydrogens is 196 g/mol. The lowest BCUT2D eigenvalue weighted by atomic mass is 10.0. The van der Waals surface area contributed by atoms with Crippen LogP contribution < -0.4 is 5.32 Å². The fourth-order valence-corrected chi connectivity index (χ4v) is 1.62. The highest BCUT2D eigenvalue weighted by Gasteiger charge is 2.26. The first-order valence-electron chi connectivity index (χ1n) is 5.35. The molecule has 5 heteroatoms. The van der Waals surface area contributed by atoms with Crippen molar-refractivity contribution in [3.8, 4) is 0 Å². The monoisotopic (exact) mass is 216 g/mol. The highest BCUT2D eigenvalue weighted by atomic mass is 16.5. The van der Waals surface area contributed by atoms with Crippen molar-refractivity contribution in [3.05, 3.63) is 0 Å². The van der Waals surface area contributed by atoms with Crippen molar-refractivity contribution in [2.45, 2.75) is 6.42 Å². The SMILES string of the molecule is COCCCNC(=O)CN1CC(CO)C1. The lowest BCUT2D eigenvalue weighted by molar-refractivity contribution is -0.124. The lowest BCUT2D eigenvalue weighted by Gasteiger charge is -2.37. The summed E-state index contributed by atoms with van der Waals surface area (Å²) in [6.07, 6.45) is 0.849. The number of likely N-dealkylation sites (tertiary alicyclic amines) is 1. The zero-order valence-electron chi connectivity index (χ0n) is 9.24. The molecule has 0 atom stereocenters. The van der Waals surface area contributed by atoms with Crippen LogP contribution in [0.3, 0.4) is 0 Å². The van der Waals surface area contributed by atoms with Gasteiger partial charge in [0.1, 0.15) is 0 Å². The fourth-order valence-electron chi connectivity index (χ4n) is 1.62. The standard InChI is InChI=1S/C10H20N2O3/c1-15-4-2-3-11-10(14)7-12-5-9(6-12)8-13/h9,13H,2-8H2,1H3,(H,11,14). The average molecular weight is 216 g/mol. The van der Waals surface area contributed by atoms with Crippen LogP contribution in [0.4, 0.5) is 0 Å². The maximum Gasteiger partial charge on any atom is 0.234 e. The summed E-state index contributed by atoms with van der Waals surface area (Å²) < 4.78 is 4.88. The van der Waals surface area contributed by atoms with Crippen molar-refractivity contribution < 1.29 is 14.6 Å². The van der Waals surface area contributed by atoms with Gasteiger partial charge in [0.15, 0.2) is 0 Å². The predicted molar refractivity (Wildman–Crippen MR) is 56.5 cm³/mol. The molecule has 0 aromatic carbocycles. The summed E-state index contributed by atoms with van der Waals surface area (Å²) in [5.74, 6) is 0.425. The van der Waals surface area contributed by atoms with E-state index in [1.165, 1.54) is 0 Å². The van der Waals surface area contributed by atoms with Crippen molar-refractivity contribution in [3.63, 3.8) is 0 Å². The molecule has 1 amide bonds. The van der Waals surface area contributed by atoms with Crippen LogP contribution in [0.5, 0.6) is 0 Å². The number of hydrogen-bond acceptors (Lipinski definition) is 4. The molecule has 1 saturated heterocycles. The van der Waals surface area contributed by atoms with Crippen LogP contribution in [0, 0.1) is 5.92 Å². The molecule has 1 aliphatic heterocycles. The Hall–Kier alpha value is -0.650. The maximum absolute atomic E-state index is 11.3. The third-order valence-corrected chi connectivity index (χ3v) is 2.51. The van der Waals surface area contributed by atoms with Crippen LogP contribution in [0.25, 0.3) is 0 Å². The first-order valence-corrected chi connectivity index (χ1v) is 5.35. The normalized spacial score (nSPS) is 17.5. The van der Waals surface area contributed by atoms with Gasteiger partial charge in [-0.25, -0.2) is 0 Å². The van der Waals surface area contributed by atoms with Crippen LogP contribution in [0.1, 0.15) is 6.42 Å². The van der Waals surface area contributed by atoms with Crippen molar-refractivity contribution in [2.24, 2.45) is 5.92 Å². The van der Waals surface area contributed by atoms with E-state index >= 15 is 0 Å². The maximum atomic E-state index is 11.3. The topological polar surface area (TPSA) is 61.8 Å². The van der Waals surface area contributed by atoms with Crippen LogP contribution >= 0.6 is 0 Å². The number of carbonyl (C=O) groups is 1. The first kappa shape index (κ1) is 12.4. The molecular formula is C10H20N2O3. The van der Waals surface area contributed by atoms with Gasteiger partial charge >= 0.3 is 0 Å². The molecule has 0 radical (unpaired) electrons. The molecule has 1 fully saturated rings. The first-order chi connectivity index (χ1) is 7.26. The molecule has 5 nitrogen and oxygen atoms in total. The van der Waals surface area contributed by atoms with Crippen molar-refractivity contribution >= 4 is 5.91 Å². The van der Waals surface area contributed by atoms with E-state index in [0.717, 1.165) is 19.5 Å². The van der Waals surface area contributed by atoms with Crippen LogP contribution in [-0.4, -0.2) is 62.4 Å². The molecule has 0 bridgehead atoms. The Kier molecular flexibility index (Phi) is 5.60.